The molecule has 0 aliphatic heterocycles. The van der Waals surface area contributed by atoms with Crippen LogP contribution in [0, 0.1) is 5.92 Å². The van der Waals surface area contributed by atoms with Gasteiger partial charge in [-0.2, -0.15) is 0 Å². The number of esters is 1. The standard InChI is InChI=1S/C16H18O3/c1-3-10-19-16(17)15-11-13(15)7-4-12-5-8-14(18-2)9-6-12/h3,5-6,8-9,11,15H,1,4,7,10H2,2H3. The van der Waals surface area contributed by atoms with E-state index in [1.807, 2.05) is 30.3 Å². The third-order valence-electron chi connectivity index (χ3n) is 3.13. The maximum atomic E-state index is 11.5. The van der Waals surface area contributed by atoms with Gasteiger partial charge in [0.15, 0.2) is 0 Å². The van der Waals surface area contributed by atoms with Gasteiger partial charge in [-0.3, -0.25) is 4.79 Å². The van der Waals surface area contributed by atoms with Crippen molar-refractivity contribution in [2.45, 2.75) is 12.8 Å². The fourth-order valence-electron chi connectivity index (χ4n) is 1.94. The van der Waals surface area contributed by atoms with E-state index in [2.05, 4.69) is 6.58 Å². The summed E-state index contributed by atoms with van der Waals surface area (Å²) in [5.74, 6) is 0.600. The summed E-state index contributed by atoms with van der Waals surface area (Å²) in [4.78, 5) is 11.5. The summed E-state index contributed by atoms with van der Waals surface area (Å²) in [7, 11) is 1.66. The first-order valence-corrected chi connectivity index (χ1v) is 6.35. The van der Waals surface area contributed by atoms with Gasteiger partial charge in [0.1, 0.15) is 12.4 Å². The fourth-order valence-corrected chi connectivity index (χ4v) is 1.94. The number of hydrogen-bond acceptors (Lipinski definition) is 3. The molecule has 2 rings (SSSR count). The molecule has 1 atom stereocenters. The van der Waals surface area contributed by atoms with Crippen LogP contribution in [-0.2, 0) is 16.0 Å². The van der Waals surface area contributed by atoms with Crippen molar-refractivity contribution in [1.82, 2.24) is 0 Å². The normalized spacial score (nSPS) is 16.5. The second-order valence-electron chi connectivity index (χ2n) is 4.49. The van der Waals surface area contributed by atoms with E-state index in [1.54, 1.807) is 13.2 Å². The average molecular weight is 258 g/mol. The van der Waals surface area contributed by atoms with Crippen molar-refractivity contribution in [3.8, 4) is 5.75 Å². The van der Waals surface area contributed by atoms with Crippen LogP contribution in [-0.4, -0.2) is 19.7 Å². The van der Waals surface area contributed by atoms with Gasteiger partial charge in [0.05, 0.1) is 13.0 Å². The van der Waals surface area contributed by atoms with Crippen molar-refractivity contribution >= 4 is 5.97 Å². The van der Waals surface area contributed by atoms with Gasteiger partial charge >= 0.3 is 5.97 Å². The molecule has 0 aromatic heterocycles. The van der Waals surface area contributed by atoms with Crippen LogP contribution in [0.25, 0.3) is 0 Å². The first-order valence-electron chi connectivity index (χ1n) is 6.35. The lowest BCUT2D eigenvalue weighted by Gasteiger charge is -2.03. The van der Waals surface area contributed by atoms with Crippen LogP contribution in [0.1, 0.15) is 12.0 Å². The Morgan fingerprint density at radius 3 is 2.68 bits per heavy atom. The number of carbonyl (C=O) groups excluding carboxylic acids is 1. The molecule has 0 fully saturated rings. The number of rotatable bonds is 7. The van der Waals surface area contributed by atoms with Crippen LogP contribution >= 0.6 is 0 Å². The molecule has 0 radical (unpaired) electrons. The van der Waals surface area contributed by atoms with Gasteiger partial charge in [-0.1, -0.05) is 36.4 Å². The Kier molecular flexibility index (Phi) is 4.39. The van der Waals surface area contributed by atoms with Gasteiger partial charge in [0.25, 0.3) is 0 Å². The lowest BCUT2D eigenvalue weighted by molar-refractivity contribution is -0.143. The SMILES string of the molecule is C=CCOC(=O)C1C=C1CCc1ccc(OC)cc1. The largest absolute Gasteiger partial charge is 0.497 e. The van der Waals surface area contributed by atoms with E-state index in [0.717, 1.165) is 18.6 Å². The molecule has 3 heteroatoms. The Bertz CT molecular complexity index is 485. The second-order valence-corrected chi connectivity index (χ2v) is 4.49. The molecular formula is C16H18O3. The van der Waals surface area contributed by atoms with E-state index in [9.17, 15) is 4.79 Å². The fraction of sp³-hybridized carbons (Fsp3) is 0.312. The number of ether oxygens (including phenoxy) is 2. The zero-order chi connectivity index (χ0) is 13.7. The Morgan fingerprint density at radius 2 is 2.05 bits per heavy atom. The number of hydrogen-bond donors (Lipinski definition) is 0. The molecule has 0 saturated heterocycles. The van der Waals surface area contributed by atoms with Gasteiger partial charge < -0.3 is 9.47 Å². The Labute approximate surface area is 113 Å². The van der Waals surface area contributed by atoms with E-state index < -0.39 is 0 Å². The van der Waals surface area contributed by atoms with Crippen molar-refractivity contribution in [1.29, 1.82) is 0 Å². The van der Waals surface area contributed by atoms with Crippen molar-refractivity contribution in [2.24, 2.45) is 5.92 Å². The Balaban J connectivity index is 1.73. The van der Waals surface area contributed by atoms with Crippen LogP contribution in [0.15, 0.2) is 48.6 Å². The minimum absolute atomic E-state index is 0.0989. The quantitative estimate of drug-likeness (QED) is 0.557. The summed E-state index contributed by atoms with van der Waals surface area (Å²) in [6, 6.07) is 8.00. The number of carbonyl (C=O) groups is 1. The summed E-state index contributed by atoms with van der Waals surface area (Å²) < 4.78 is 10.1. The van der Waals surface area contributed by atoms with E-state index in [0.29, 0.717) is 0 Å². The molecule has 1 aliphatic carbocycles. The molecule has 1 unspecified atom stereocenters. The highest BCUT2D eigenvalue weighted by atomic mass is 16.5. The van der Waals surface area contributed by atoms with E-state index in [4.69, 9.17) is 9.47 Å². The Morgan fingerprint density at radius 1 is 1.32 bits per heavy atom. The topological polar surface area (TPSA) is 35.5 Å². The molecule has 1 aliphatic rings. The molecule has 0 amide bonds. The maximum Gasteiger partial charge on any atom is 0.317 e. The predicted octanol–water partition coefficient (Wildman–Crippen LogP) is 2.91. The zero-order valence-electron chi connectivity index (χ0n) is 11.1. The van der Waals surface area contributed by atoms with Crippen LogP contribution in [0.3, 0.4) is 0 Å². The van der Waals surface area contributed by atoms with Crippen molar-refractivity contribution in [2.75, 3.05) is 13.7 Å². The van der Waals surface area contributed by atoms with Crippen LogP contribution in [0.2, 0.25) is 0 Å². The van der Waals surface area contributed by atoms with Gasteiger partial charge in [0, 0.05) is 0 Å². The number of benzene rings is 1. The summed E-state index contributed by atoms with van der Waals surface area (Å²) in [6.07, 6.45) is 5.38. The molecular weight excluding hydrogens is 240 g/mol. The Hall–Kier alpha value is -2.03. The zero-order valence-corrected chi connectivity index (χ0v) is 11.1. The van der Waals surface area contributed by atoms with E-state index in [1.165, 1.54) is 11.1 Å². The highest BCUT2D eigenvalue weighted by Gasteiger charge is 2.32. The summed E-state index contributed by atoms with van der Waals surface area (Å²) >= 11 is 0. The molecule has 0 N–H and O–H groups in total. The molecule has 3 nitrogen and oxygen atoms in total. The van der Waals surface area contributed by atoms with Crippen molar-refractivity contribution in [3.05, 3.63) is 54.1 Å². The molecule has 19 heavy (non-hydrogen) atoms. The van der Waals surface area contributed by atoms with Crippen molar-refractivity contribution in [3.63, 3.8) is 0 Å². The minimum Gasteiger partial charge on any atom is -0.497 e. The maximum absolute atomic E-state index is 11.5. The summed E-state index contributed by atoms with van der Waals surface area (Å²) in [5, 5.41) is 0. The molecule has 0 saturated carbocycles. The first-order chi connectivity index (χ1) is 9.24. The highest BCUT2D eigenvalue weighted by Crippen LogP contribution is 2.34. The van der Waals surface area contributed by atoms with Gasteiger partial charge in [-0.25, -0.2) is 0 Å². The van der Waals surface area contributed by atoms with Gasteiger partial charge in [-0.05, 0) is 30.5 Å². The third kappa shape index (κ3) is 3.71. The predicted molar refractivity (Wildman–Crippen MR) is 74.0 cm³/mol. The number of methoxy groups -OCH3 is 1. The van der Waals surface area contributed by atoms with E-state index in [-0.39, 0.29) is 18.5 Å². The van der Waals surface area contributed by atoms with Crippen molar-refractivity contribution < 1.29 is 14.3 Å². The van der Waals surface area contributed by atoms with Crippen LogP contribution in [0.4, 0.5) is 0 Å². The molecule has 0 bridgehead atoms. The molecule has 1 aromatic rings. The van der Waals surface area contributed by atoms with Gasteiger partial charge in [0.2, 0.25) is 0 Å². The molecule has 100 valence electrons. The summed E-state index contributed by atoms with van der Waals surface area (Å²) in [5.41, 5.74) is 2.41. The first kappa shape index (κ1) is 13.4. The average Bonchev–Trinajstić information content (AvgIpc) is 3.23. The van der Waals surface area contributed by atoms with Crippen LogP contribution in [0.5, 0.6) is 5.75 Å². The van der Waals surface area contributed by atoms with Gasteiger partial charge in [-0.15, -0.1) is 0 Å². The monoisotopic (exact) mass is 258 g/mol. The second kappa shape index (κ2) is 6.23. The molecule has 1 aromatic carbocycles. The van der Waals surface area contributed by atoms with E-state index >= 15 is 0 Å². The lowest BCUT2D eigenvalue weighted by Crippen LogP contribution is -2.08. The number of aryl methyl sites for hydroxylation is 1. The molecule has 0 spiro atoms. The molecule has 0 heterocycles. The van der Waals surface area contributed by atoms with Crippen LogP contribution < -0.4 is 4.74 Å². The minimum atomic E-state index is -0.162. The lowest BCUT2D eigenvalue weighted by atomic mass is 10.1. The third-order valence-corrected chi connectivity index (χ3v) is 3.13. The smallest absolute Gasteiger partial charge is 0.317 e. The summed E-state index contributed by atoms with van der Waals surface area (Å²) in [6.45, 7) is 3.80. The highest BCUT2D eigenvalue weighted by molar-refractivity contribution is 5.83.